The van der Waals surface area contributed by atoms with E-state index in [1.807, 2.05) is 0 Å². The molecule has 0 aliphatic carbocycles. The minimum atomic E-state index is -2.61. The summed E-state index contributed by atoms with van der Waals surface area (Å²) in [6.07, 6.45) is 2.00. The standard InChI is InChI=1S/C10H11F2N3O2.Li.H2O/c11-10(12)1-3-15(4-2-10)8-6-13-7(5-14-8)9(16)17;;/h5-6H,1-4H2,(H,16,17);;1H2/q;+1;/p-1. The molecule has 19 heavy (non-hydrogen) atoms. The smallest absolute Gasteiger partial charge is 0.870 e. The fourth-order valence-corrected chi connectivity index (χ4v) is 1.66. The zero-order valence-electron chi connectivity index (χ0n) is 10.4. The van der Waals surface area contributed by atoms with Crippen LogP contribution in [0.1, 0.15) is 23.3 Å². The molecule has 0 saturated carbocycles. The Labute approximate surface area is 120 Å². The molecule has 6 nitrogen and oxygen atoms in total. The second-order valence-corrected chi connectivity index (χ2v) is 3.91. The number of rotatable bonds is 2. The van der Waals surface area contributed by atoms with Crippen LogP contribution >= 0.6 is 0 Å². The fraction of sp³-hybridized carbons (Fsp3) is 0.500. The van der Waals surface area contributed by atoms with E-state index in [-0.39, 0.29) is 56.0 Å². The zero-order valence-corrected chi connectivity index (χ0v) is 10.4. The van der Waals surface area contributed by atoms with Crippen LogP contribution in [0.15, 0.2) is 12.4 Å². The summed E-state index contributed by atoms with van der Waals surface area (Å²) in [6, 6.07) is 0. The number of carboxylic acid groups (broad SMARTS) is 1. The van der Waals surface area contributed by atoms with Crippen LogP contribution < -0.4 is 23.8 Å². The molecule has 1 saturated heterocycles. The van der Waals surface area contributed by atoms with Gasteiger partial charge in [-0.2, -0.15) is 0 Å². The first-order chi connectivity index (χ1) is 7.98. The van der Waals surface area contributed by atoms with Crippen molar-refractivity contribution in [2.75, 3.05) is 18.0 Å². The summed E-state index contributed by atoms with van der Waals surface area (Å²) in [7, 11) is 0. The van der Waals surface area contributed by atoms with Crippen molar-refractivity contribution in [2.24, 2.45) is 0 Å². The van der Waals surface area contributed by atoms with Gasteiger partial charge >= 0.3 is 24.8 Å². The van der Waals surface area contributed by atoms with E-state index in [1.54, 1.807) is 4.90 Å². The SMILES string of the molecule is O=C(O)c1cnc(N2CCC(F)(F)CC2)cn1.[Li+].[OH-]. The Kier molecular flexibility index (Phi) is 6.35. The number of hydrogen-bond donors (Lipinski definition) is 1. The van der Waals surface area contributed by atoms with E-state index in [9.17, 15) is 13.6 Å². The van der Waals surface area contributed by atoms with Crippen molar-refractivity contribution in [3.63, 3.8) is 0 Å². The molecule has 9 heteroatoms. The van der Waals surface area contributed by atoms with Gasteiger partial charge in [0.1, 0.15) is 5.82 Å². The second kappa shape index (κ2) is 6.80. The average molecular weight is 267 g/mol. The molecule has 0 radical (unpaired) electrons. The molecule has 0 bridgehead atoms. The molecule has 1 aliphatic heterocycles. The van der Waals surface area contributed by atoms with Gasteiger partial charge in [-0.1, -0.05) is 0 Å². The monoisotopic (exact) mass is 267 g/mol. The Hall–Kier alpha value is -1.23. The van der Waals surface area contributed by atoms with E-state index in [0.29, 0.717) is 5.82 Å². The number of nitrogens with zero attached hydrogens (tertiary/aromatic N) is 3. The maximum absolute atomic E-state index is 12.9. The van der Waals surface area contributed by atoms with Gasteiger partial charge in [-0.3, -0.25) is 0 Å². The molecule has 2 N–H and O–H groups in total. The second-order valence-electron chi connectivity index (χ2n) is 3.91. The molecule has 0 aromatic carbocycles. The van der Waals surface area contributed by atoms with Gasteiger partial charge in [0.15, 0.2) is 5.69 Å². The summed E-state index contributed by atoms with van der Waals surface area (Å²) in [5, 5.41) is 8.64. The normalized spacial score (nSPS) is 17.1. The Bertz CT molecular complexity index is 421. The topological polar surface area (TPSA) is 96.3 Å². The van der Waals surface area contributed by atoms with Gasteiger partial charge in [0.05, 0.1) is 12.4 Å². The van der Waals surface area contributed by atoms with Crippen molar-refractivity contribution < 1.29 is 43.0 Å². The molecule has 0 amide bonds. The molecular weight excluding hydrogens is 255 g/mol. The first-order valence-corrected chi connectivity index (χ1v) is 5.16. The number of aromatic carboxylic acids is 1. The molecule has 1 aromatic heterocycles. The van der Waals surface area contributed by atoms with Crippen LogP contribution in [0, 0.1) is 0 Å². The van der Waals surface area contributed by atoms with Crippen LogP contribution in [0.4, 0.5) is 14.6 Å². The maximum Gasteiger partial charge on any atom is 1.00 e. The number of carbonyl (C=O) groups is 1. The zero-order chi connectivity index (χ0) is 12.5. The average Bonchev–Trinajstić information content (AvgIpc) is 2.29. The molecule has 2 heterocycles. The van der Waals surface area contributed by atoms with E-state index >= 15 is 0 Å². The number of carboxylic acids is 1. The van der Waals surface area contributed by atoms with Gasteiger partial charge < -0.3 is 15.5 Å². The molecular formula is C10H12F2LiN3O3. The van der Waals surface area contributed by atoms with E-state index in [1.165, 1.54) is 6.20 Å². The summed E-state index contributed by atoms with van der Waals surface area (Å²) in [5.41, 5.74) is -0.156. The van der Waals surface area contributed by atoms with Crippen molar-refractivity contribution >= 4 is 11.8 Å². The van der Waals surface area contributed by atoms with E-state index in [4.69, 9.17) is 5.11 Å². The van der Waals surface area contributed by atoms with Crippen LogP contribution in [0.25, 0.3) is 0 Å². The van der Waals surface area contributed by atoms with Gasteiger partial charge in [-0.15, -0.1) is 0 Å². The van der Waals surface area contributed by atoms with Gasteiger partial charge in [0.25, 0.3) is 5.92 Å². The van der Waals surface area contributed by atoms with Crippen LogP contribution in [-0.4, -0.2) is 45.5 Å². The van der Waals surface area contributed by atoms with Crippen LogP contribution in [0.3, 0.4) is 0 Å². The van der Waals surface area contributed by atoms with Crippen molar-refractivity contribution in [1.29, 1.82) is 0 Å². The van der Waals surface area contributed by atoms with Crippen molar-refractivity contribution in [1.82, 2.24) is 9.97 Å². The predicted molar refractivity (Wildman–Crippen MR) is 57.3 cm³/mol. The van der Waals surface area contributed by atoms with Gasteiger partial charge in [-0.25, -0.2) is 23.5 Å². The number of anilines is 1. The quantitative estimate of drug-likeness (QED) is 0.637. The molecule has 1 fully saturated rings. The van der Waals surface area contributed by atoms with Crippen LogP contribution in [0.2, 0.25) is 0 Å². The van der Waals surface area contributed by atoms with Crippen molar-refractivity contribution in [3.8, 4) is 0 Å². The Morgan fingerprint density at radius 1 is 1.26 bits per heavy atom. The molecule has 0 atom stereocenters. The van der Waals surface area contributed by atoms with E-state index in [0.717, 1.165) is 6.20 Å². The summed E-state index contributed by atoms with van der Waals surface area (Å²) in [6.45, 7) is 0.405. The number of halogens is 2. The molecule has 2 rings (SSSR count). The molecule has 0 unspecified atom stereocenters. The third kappa shape index (κ3) is 4.42. The van der Waals surface area contributed by atoms with Crippen LogP contribution in [-0.2, 0) is 0 Å². The number of hydrogen-bond acceptors (Lipinski definition) is 5. The third-order valence-corrected chi connectivity index (χ3v) is 2.68. The number of piperidine rings is 1. The third-order valence-electron chi connectivity index (χ3n) is 2.68. The summed E-state index contributed by atoms with van der Waals surface area (Å²) < 4.78 is 25.8. The maximum atomic E-state index is 12.9. The van der Waals surface area contributed by atoms with Crippen molar-refractivity contribution in [3.05, 3.63) is 18.1 Å². The van der Waals surface area contributed by atoms with Crippen molar-refractivity contribution in [2.45, 2.75) is 18.8 Å². The summed E-state index contributed by atoms with van der Waals surface area (Å²) in [5.74, 6) is -3.33. The van der Waals surface area contributed by atoms with E-state index < -0.39 is 11.9 Å². The van der Waals surface area contributed by atoms with E-state index in [2.05, 4.69) is 9.97 Å². The van der Waals surface area contributed by atoms with Gasteiger partial charge in [0, 0.05) is 25.9 Å². The molecule has 1 aromatic rings. The molecule has 100 valence electrons. The molecule has 1 aliphatic rings. The summed E-state index contributed by atoms with van der Waals surface area (Å²) in [4.78, 5) is 19.8. The Morgan fingerprint density at radius 2 is 1.84 bits per heavy atom. The first-order valence-electron chi connectivity index (χ1n) is 5.16. The minimum Gasteiger partial charge on any atom is -0.870 e. The largest absolute Gasteiger partial charge is 1.00 e. The first kappa shape index (κ1) is 17.8. The summed E-state index contributed by atoms with van der Waals surface area (Å²) >= 11 is 0. The fourth-order valence-electron chi connectivity index (χ4n) is 1.66. The number of aromatic nitrogens is 2. The predicted octanol–water partition coefficient (Wildman–Crippen LogP) is -1.76. The van der Waals surface area contributed by atoms with Crippen LogP contribution in [0.5, 0.6) is 0 Å². The van der Waals surface area contributed by atoms with Gasteiger partial charge in [0.2, 0.25) is 0 Å². The Balaban J connectivity index is 0.00000162. The van der Waals surface area contributed by atoms with Gasteiger partial charge in [-0.05, 0) is 0 Å². The number of alkyl halides is 2. The Morgan fingerprint density at radius 3 is 2.26 bits per heavy atom. The minimum absolute atomic E-state index is 0. The molecule has 0 spiro atoms.